The molecule has 17 heavy (non-hydrogen) atoms. The minimum Gasteiger partial charge on any atom is -0.456 e. The lowest BCUT2D eigenvalue weighted by atomic mass is 10.1. The molecular weight excluding hydrogens is 276 g/mol. The van der Waals surface area contributed by atoms with Crippen molar-refractivity contribution in [3.05, 3.63) is 58.6 Å². The molecule has 0 spiro atoms. The Morgan fingerprint density at radius 2 is 1.82 bits per heavy atom. The monoisotopic (exact) mass is 286 g/mol. The van der Waals surface area contributed by atoms with Crippen LogP contribution in [0.15, 0.2) is 57.4 Å². The van der Waals surface area contributed by atoms with Crippen molar-refractivity contribution in [1.82, 2.24) is 0 Å². The smallest absolute Gasteiger partial charge is 0.135 e. The molecule has 1 heterocycles. The first kappa shape index (κ1) is 10.6. The lowest BCUT2D eigenvalue weighted by molar-refractivity contribution is 0.631. The van der Waals surface area contributed by atoms with Gasteiger partial charge in [-0.2, -0.15) is 0 Å². The molecule has 1 nitrogen and oxygen atoms in total. The molecule has 0 unspecified atom stereocenters. The van der Waals surface area contributed by atoms with E-state index in [-0.39, 0.29) is 0 Å². The molecule has 0 atom stereocenters. The third-order valence-electron chi connectivity index (χ3n) is 2.89. The Morgan fingerprint density at radius 3 is 2.65 bits per heavy atom. The highest BCUT2D eigenvalue weighted by Crippen LogP contribution is 2.31. The molecule has 0 N–H and O–H groups in total. The molecule has 2 aromatic carbocycles. The second kappa shape index (κ2) is 4.04. The molecule has 3 rings (SSSR count). The van der Waals surface area contributed by atoms with Gasteiger partial charge in [0, 0.05) is 15.4 Å². The maximum atomic E-state index is 5.87. The van der Waals surface area contributed by atoms with E-state index < -0.39 is 0 Å². The molecule has 84 valence electrons. The minimum atomic E-state index is 0.923. The van der Waals surface area contributed by atoms with Gasteiger partial charge in [0.2, 0.25) is 0 Å². The van der Waals surface area contributed by atoms with Crippen LogP contribution in [0.4, 0.5) is 0 Å². The molecule has 0 bridgehead atoms. The largest absolute Gasteiger partial charge is 0.456 e. The van der Waals surface area contributed by atoms with E-state index >= 15 is 0 Å². The quantitative estimate of drug-likeness (QED) is 0.601. The van der Waals surface area contributed by atoms with Crippen LogP contribution in [-0.4, -0.2) is 0 Å². The first-order valence-electron chi connectivity index (χ1n) is 5.49. The first-order chi connectivity index (χ1) is 8.24. The second-order valence-corrected chi connectivity index (χ2v) is 5.02. The van der Waals surface area contributed by atoms with Crippen LogP contribution in [-0.2, 0) is 0 Å². The fraction of sp³-hybridized carbons (Fsp3) is 0.0667. The zero-order chi connectivity index (χ0) is 11.8. The lowest BCUT2D eigenvalue weighted by Gasteiger charge is -2.00. The van der Waals surface area contributed by atoms with Crippen LogP contribution in [0.3, 0.4) is 0 Å². The van der Waals surface area contributed by atoms with Gasteiger partial charge in [-0.1, -0.05) is 40.2 Å². The Hall–Kier alpha value is -1.54. The van der Waals surface area contributed by atoms with Crippen molar-refractivity contribution in [3.8, 4) is 11.3 Å². The number of hydrogen-bond acceptors (Lipinski definition) is 1. The molecule has 0 fully saturated rings. The number of fused-ring (bicyclic) bond motifs is 1. The summed E-state index contributed by atoms with van der Waals surface area (Å²) in [6.45, 7) is 2.10. The summed E-state index contributed by atoms with van der Waals surface area (Å²) in [5.74, 6) is 0.927. The van der Waals surface area contributed by atoms with Gasteiger partial charge < -0.3 is 4.42 Å². The van der Waals surface area contributed by atoms with E-state index in [1.807, 2.05) is 24.3 Å². The van der Waals surface area contributed by atoms with E-state index in [0.717, 1.165) is 26.8 Å². The van der Waals surface area contributed by atoms with Crippen molar-refractivity contribution >= 4 is 26.9 Å². The average Bonchev–Trinajstić information content (AvgIpc) is 2.72. The Labute approximate surface area is 108 Å². The Balaban J connectivity index is 2.22. The minimum absolute atomic E-state index is 0.923. The van der Waals surface area contributed by atoms with Crippen molar-refractivity contribution < 1.29 is 4.42 Å². The van der Waals surface area contributed by atoms with Crippen molar-refractivity contribution in [2.45, 2.75) is 6.92 Å². The van der Waals surface area contributed by atoms with Gasteiger partial charge in [-0.05, 0) is 36.8 Å². The Morgan fingerprint density at radius 1 is 1.00 bits per heavy atom. The maximum absolute atomic E-state index is 5.87. The second-order valence-electron chi connectivity index (χ2n) is 4.11. The van der Waals surface area contributed by atoms with Crippen LogP contribution in [0.25, 0.3) is 22.3 Å². The average molecular weight is 287 g/mol. The van der Waals surface area contributed by atoms with Crippen LogP contribution in [0.1, 0.15) is 5.56 Å². The van der Waals surface area contributed by atoms with E-state index in [1.54, 1.807) is 0 Å². The van der Waals surface area contributed by atoms with Gasteiger partial charge in [0.05, 0.1) is 0 Å². The standard InChI is InChI=1S/C15H11BrO/c1-10-4-2-3-5-13(10)15-9-11-8-12(16)6-7-14(11)17-15/h2-9H,1H3. The van der Waals surface area contributed by atoms with Crippen LogP contribution in [0.5, 0.6) is 0 Å². The number of halogens is 1. The predicted molar refractivity (Wildman–Crippen MR) is 74.1 cm³/mol. The molecule has 0 saturated carbocycles. The Kier molecular flexibility index (Phi) is 2.52. The van der Waals surface area contributed by atoms with Crippen molar-refractivity contribution in [3.63, 3.8) is 0 Å². The third-order valence-corrected chi connectivity index (χ3v) is 3.38. The van der Waals surface area contributed by atoms with Gasteiger partial charge in [0.15, 0.2) is 0 Å². The fourth-order valence-electron chi connectivity index (χ4n) is 2.00. The maximum Gasteiger partial charge on any atom is 0.135 e. The summed E-state index contributed by atoms with van der Waals surface area (Å²) in [7, 11) is 0. The molecule has 2 heteroatoms. The van der Waals surface area contributed by atoms with Gasteiger partial charge in [0.1, 0.15) is 11.3 Å². The zero-order valence-electron chi connectivity index (χ0n) is 9.41. The molecular formula is C15H11BrO. The Bertz CT molecular complexity index is 682. The van der Waals surface area contributed by atoms with Gasteiger partial charge in [0.25, 0.3) is 0 Å². The number of rotatable bonds is 1. The lowest BCUT2D eigenvalue weighted by Crippen LogP contribution is -1.78. The van der Waals surface area contributed by atoms with Gasteiger partial charge in [-0.3, -0.25) is 0 Å². The molecule has 0 aliphatic heterocycles. The number of furan rings is 1. The van der Waals surface area contributed by atoms with Crippen LogP contribution in [0.2, 0.25) is 0 Å². The van der Waals surface area contributed by atoms with Crippen molar-refractivity contribution in [2.75, 3.05) is 0 Å². The number of hydrogen-bond donors (Lipinski definition) is 0. The summed E-state index contributed by atoms with van der Waals surface area (Å²) in [4.78, 5) is 0. The summed E-state index contributed by atoms with van der Waals surface area (Å²) in [5.41, 5.74) is 3.30. The fourth-order valence-corrected chi connectivity index (χ4v) is 2.38. The zero-order valence-corrected chi connectivity index (χ0v) is 11.0. The number of aryl methyl sites for hydroxylation is 1. The summed E-state index contributed by atoms with van der Waals surface area (Å²) >= 11 is 3.47. The molecule has 0 aliphatic rings. The third kappa shape index (κ3) is 1.89. The summed E-state index contributed by atoms with van der Waals surface area (Å²) in [6, 6.07) is 16.4. The topological polar surface area (TPSA) is 13.1 Å². The van der Waals surface area contributed by atoms with Gasteiger partial charge in [-0.25, -0.2) is 0 Å². The van der Waals surface area contributed by atoms with E-state index in [2.05, 4.69) is 47.1 Å². The van der Waals surface area contributed by atoms with Crippen molar-refractivity contribution in [1.29, 1.82) is 0 Å². The molecule has 1 aromatic heterocycles. The normalized spacial score (nSPS) is 10.9. The molecule has 0 radical (unpaired) electrons. The highest BCUT2D eigenvalue weighted by Gasteiger charge is 2.08. The van der Waals surface area contributed by atoms with E-state index in [9.17, 15) is 0 Å². The van der Waals surface area contributed by atoms with Crippen LogP contribution >= 0.6 is 15.9 Å². The summed E-state index contributed by atoms with van der Waals surface area (Å²) < 4.78 is 6.94. The highest BCUT2D eigenvalue weighted by atomic mass is 79.9. The number of benzene rings is 2. The molecule has 3 aromatic rings. The van der Waals surface area contributed by atoms with Crippen LogP contribution < -0.4 is 0 Å². The predicted octanol–water partition coefficient (Wildman–Crippen LogP) is 5.17. The van der Waals surface area contributed by atoms with Crippen LogP contribution in [0, 0.1) is 6.92 Å². The first-order valence-corrected chi connectivity index (χ1v) is 6.28. The SMILES string of the molecule is Cc1ccccc1-c1cc2cc(Br)ccc2o1. The van der Waals surface area contributed by atoms with E-state index in [1.165, 1.54) is 5.56 Å². The van der Waals surface area contributed by atoms with Crippen molar-refractivity contribution in [2.24, 2.45) is 0 Å². The van der Waals surface area contributed by atoms with E-state index in [4.69, 9.17) is 4.42 Å². The highest BCUT2D eigenvalue weighted by molar-refractivity contribution is 9.10. The summed E-state index contributed by atoms with van der Waals surface area (Å²) in [5, 5.41) is 1.12. The molecule has 0 saturated heterocycles. The molecule has 0 aliphatic carbocycles. The van der Waals surface area contributed by atoms with E-state index in [0.29, 0.717) is 0 Å². The summed E-state index contributed by atoms with van der Waals surface area (Å²) in [6.07, 6.45) is 0. The van der Waals surface area contributed by atoms with Gasteiger partial charge in [-0.15, -0.1) is 0 Å². The molecule has 0 amide bonds. The van der Waals surface area contributed by atoms with Gasteiger partial charge >= 0.3 is 0 Å².